The van der Waals surface area contributed by atoms with Gasteiger partial charge < -0.3 is 0 Å². The Balaban J connectivity index is 1.31. The second-order valence-electron chi connectivity index (χ2n) is 11.9. The number of nitrogens with zero attached hydrogens (tertiary/aromatic N) is 2. The lowest BCUT2D eigenvalue weighted by Crippen LogP contribution is -1.95. The van der Waals surface area contributed by atoms with Crippen molar-refractivity contribution in [2.75, 3.05) is 0 Å². The Bertz CT molecular complexity index is 2810. The summed E-state index contributed by atoms with van der Waals surface area (Å²) in [5.41, 5.74) is 8.52. The minimum atomic E-state index is 0.537. The predicted molar refractivity (Wildman–Crippen MR) is 203 cm³/mol. The third kappa shape index (κ3) is 4.59. The highest BCUT2D eigenvalue weighted by molar-refractivity contribution is 7.26. The lowest BCUT2D eigenvalue weighted by atomic mass is 9.86. The van der Waals surface area contributed by atoms with E-state index in [2.05, 4.69) is 109 Å². The van der Waals surface area contributed by atoms with Gasteiger partial charge in [-0.15, -0.1) is 22.7 Å². The summed E-state index contributed by atoms with van der Waals surface area (Å²) in [6.07, 6.45) is 0. The molecule has 0 amide bonds. The minimum Gasteiger partial charge on any atom is -0.192 e. The number of hydrogen-bond donors (Lipinski definition) is 0. The van der Waals surface area contributed by atoms with Crippen molar-refractivity contribution >= 4 is 63.0 Å². The van der Waals surface area contributed by atoms with E-state index < -0.39 is 0 Å². The lowest BCUT2D eigenvalue weighted by molar-refractivity contribution is 1.45. The molecule has 0 unspecified atom stereocenters. The topological polar surface area (TPSA) is 47.6 Å². The fourth-order valence-corrected chi connectivity index (χ4v) is 9.02. The summed E-state index contributed by atoms with van der Waals surface area (Å²) >= 11 is 3.58. The van der Waals surface area contributed by atoms with Gasteiger partial charge in [-0.25, -0.2) is 0 Å². The van der Waals surface area contributed by atoms with Crippen LogP contribution >= 0.6 is 22.7 Å². The highest BCUT2D eigenvalue weighted by Crippen LogP contribution is 2.43. The van der Waals surface area contributed by atoms with E-state index in [4.69, 9.17) is 0 Å². The van der Waals surface area contributed by atoms with E-state index in [9.17, 15) is 10.5 Å². The maximum absolute atomic E-state index is 10.8. The molecule has 4 heteroatoms. The van der Waals surface area contributed by atoms with Crippen LogP contribution in [-0.4, -0.2) is 0 Å². The van der Waals surface area contributed by atoms with Crippen LogP contribution in [0.3, 0.4) is 0 Å². The van der Waals surface area contributed by atoms with Crippen molar-refractivity contribution in [3.05, 3.63) is 157 Å². The Morgan fingerprint density at radius 3 is 1.56 bits per heavy atom. The summed E-state index contributed by atoms with van der Waals surface area (Å²) in [6, 6.07) is 55.5. The first-order chi connectivity index (χ1) is 23.7. The lowest BCUT2D eigenvalue weighted by Gasteiger charge is -2.16. The quantitative estimate of drug-likeness (QED) is 0.191. The molecule has 0 aliphatic carbocycles. The van der Waals surface area contributed by atoms with Crippen molar-refractivity contribution in [1.29, 1.82) is 10.5 Å². The van der Waals surface area contributed by atoms with Crippen LogP contribution in [0.2, 0.25) is 0 Å². The first kappa shape index (κ1) is 28.2. The fourth-order valence-electron chi connectivity index (χ4n) is 6.85. The maximum atomic E-state index is 10.8. The zero-order valence-corrected chi connectivity index (χ0v) is 27.2. The van der Waals surface area contributed by atoms with Crippen molar-refractivity contribution < 1.29 is 0 Å². The molecule has 0 N–H and O–H groups in total. The molecule has 0 saturated heterocycles. The molecule has 2 aromatic heterocycles. The molecule has 0 radical (unpaired) electrons. The van der Waals surface area contributed by atoms with Crippen molar-refractivity contribution in [3.8, 4) is 56.6 Å². The Morgan fingerprint density at radius 2 is 0.896 bits per heavy atom. The third-order valence-electron chi connectivity index (χ3n) is 9.19. The number of nitriles is 2. The molecule has 0 bridgehead atoms. The van der Waals surface area contributed by atoms with Crippen LogP contribution in [0, 0.1) is 22.7 Å². The van der Waals surface area contributed by atoms with Gasteiger partial charge in [0, 0.05) is 57.0 Å². The first-order valence-electron chi connectivity index (χ1n) is 15.7. The second kappa shape index (κ2) is 11.3. The molecule has 0 spiro atoms. The number of rotatable bonds is 4. The Kier molecular flexibility index (Phi) is 6.66. The van der Waals surface area contributed by atoms with Gasteiger partial charge in [-0.1, -0.05) is 91.0 Å². The van der Waals surface area contributed by atoms with Gasteiger partial charge in [0.15, 0.2) is 0 Å². The zero-order chi connectivity index (χ0) is 32.2. The standard InChI is InChI=1S/C44H24N2S2/c45-25-32-20-28(27-8-2-1-3-9-27)14-17-33(32)37-24-31(29-15-18-43-38(21-29)34-10-4-6-12-41(34)47-43)23-36(40(37)26-46)30-16-19-44-39(22-30)35-11-5-7-13-42(35)48-44/h1-24H. The number of hydrogen-bond acceptors (Lipinski definition) is 4. The van der Waals surface area contributed by atoms with E-state index in [1.807, 2.05) is 48.5 Å². The molecule has 9 rings (SSSR count). The first-order valence-corrected chi connectivity index (χ1v) is 17.3. The average Bonchev–Trinajstić information content (AvgIpc) is 3.72. The number of fused-ring (bicyclic) bond motifs is 6. The van der Waals surface area contributed by atoms with Crippen molar-refractivity contribution in [1.82, 2.24) is 0 Å². The van der Waals surface area contributed by atoms with Crippen LogP contribution < -0.4 is 0 Å². The van der Waals surface area contributed by atoms with E-state index in [0.29, 0.717) is 11.1 Å². The Morgan fingerprint density at radius 1 is 0.354 bits per heavy atom. The Labute approximate surface area is 285 Å². The van der Waals surface area contributed by atoms with Gasteiger partial charge in [0.1, 0.15) is 6.07 Å². The SMILES string of the molecule is N#Cc1cc(-c2ccccc2)ccc1-c1cc(-c2ccc3sc4ccccc4c3c2)cc(-c2ccc3sc4ccccc4c3c2)c1C#N. The van der Waals surface area contributed by atoms with Crippen molar-refractivity contribution in [3.63, 3.8) is 0 Å². The van der Waals surface area contributed by atoms with Crippen LogP contribution in [0.25, 0.3) is 84.9 Å². The van der Waals surface area contributed by atoms with Crippen LogP contribution in [0.4, 0.5) is 0 Å². The monoisotopic (exact) mass is 644 g/mol. The van der Waals surface area contributed by atoms with E-state index in [1.54, 1.807) is 22.7 Å². The second-order valence-corrected chi connectivity index (χ2v) is 14.1. The number of benzene rings is 7. The molecule has 0 aliphatic heterocycles. The van der Waals surface area contributed by atoms with Crippen LogP contribution in [0.5, 0.6) is 0 Å². The zero-order valence-electron chi connectivity index (χ0n) is 25.6. The summed E-state index contributed by atoms with van der Waals surface area (Å²) in [6.45, 7) is 0. The van der Waals surface area contributed by atoms with Crippen molar-refractivity contribution in [2.24, 2.45) is 0 Å². The maximum Gasteiger partial charge on any atom is 0.100 e. The van der Waals surface area contributed by atoms with Gasteiger partial charge in [-0.05, 0) is 82.4 Å². The van der Waals surface area contributed by atoms with Gasteiger partial charge >= 0.3 is 0 Å². The highest BCUT2D eigenvalue weighted by Gasteiger charge is 2.19. The summed E-state index contributed by atoms with van der Waals surface area (Å²) in [5.74, 6) is 0. The highest BCUT2D eigenvalue weighted by atomic mass is 32.1. The van der Waals surface area contributed by atoms with Gasteiger partial charge in [-0.3, -0.25) is 0 Å². The van der Waals surface area contributed by atoms with E-state index in [0.717, 1.165) is 44.5 Å². The summed E-state index contributed by atoms with van der Waals surface area (Å²) in [5, 5.41) is 26.1. The molecule has 48 heavy (non-hydrogen) atoms. The largest absolute Gasteiger partial charge is 0.192 e. The molecule has 222 valence electrons. The smallest absolute Gasteiger partial charge is 0.100 e. The molecule has 2 heterocycles. The van der Waals surface area contributed by atoms with E-state index in [-0.39, 0.29) is 0 Å². The molecule has 0 atom stereocenters. The van der Waals surface area contributed by atoms with Crippen molar-refractivity contribution in [2.45, 2.75) is 0 Å². The Hall–Kier alpha value is -6.04. The molecule has 9 aromatic rings. The third-order valence-corrected chi connectivity index (χ3v) is 11.5. The van der Waals surface area contributed by atoms with Gasteiger partial charge in [0.2, 0.25) is 0 Å². The molecule has 2 nitrogen and oxygen atoms in total. The predicted octanol–water partition coefficient (Wildman–Crippen LogP) is 12.8. The van der Waals surface area contributed by atoms with E-state index >= 15 is 0 Å². The minimum absolute atomic E-state index is 0.537. The normalized spacial score (nSPS) is 11.3. The summed E-state index contributed by atoms with van der Waals surface area (Å²) in [4.78, 5) is 0. The summed E-state index contributed by atoms with van der Waals surface area (Å²) in [7, 11) is 0. The van der Waals surface area contributed by atoms with E-state index in [1.165, 1.54) is 40.3 Å². The molecular formula is C44H24N2S2. The molecule has 0 saturated carbocycles. The summed E-state index contributed by atoms with van der Waals surface area (Å²) < 4.78 is 4.97. The molecule has 0 aliphatic rings. The van der Waals surface area contributed by atoms with Gasteiger partial charge in [-0.2, -0.15) is 10.5 Å². The molecule has 0 fully saturated rings. The molecule has 7 aromatic carbocycles. The van der Waals surface area contributed by atoms with Crippen LogP contribution in [0.1, 0.15) is 11.1 Å². The fraction of sp³-hybridized carbons (Fsp3) is 0. The van der Waals surface area contributed by atoms with Gasteiger partial charge in [0.25, 0.3) is 0 Å². The van der Waals surface area contributed by atoms with Crippen LogP contribution in [-0.2, 0) is 0 Å². The van der Waals surface area contributed by atoms with Gasteiger partial charge in [0.05, 0.1) is 17.2 Å². The van der Waals surface area contributed by atoms with Crippen LogP contribution in [0.15, 0.2) is 146 Å². The number of thiophene rings is 2. The molecular weight excluding hydrogens is 621 g/mol. The average molecular weight is 645 g/mol.